The average molecular weight is 449 g/mol. The number of anilines is 2. The number of hydrogen-bond donors (Lipinski definition) is 2. The van der Waals surface area contributed by atoms with E-state index in [1.807, 2.05) is 24.3 Å². The highest BCUT2D eigenvalue weighted by atomic mass is 14.9. The molecule has 0 aliphatic carbocycles. The van der Waals surface area contributed by atoms with Crippen LogP contribution >= 0.6 is 0 Å². The fourth-order valence-corrected chi connectivity index (χ4v) is 4.97. The van der Waals surface area contributed by atoms with Crippen molar-refractivity contribution in [2.45, 2.75) is 0 Å². The minimum atomic E-state index is 0.866. The highest BCUT2D eigenvalue weighted by molar-refractivity contribution is 6.21. The van der Waals surface area contributed by atoms with Gasteiger partial charge in [-0.25, -0.2) is 0 Å². The Labute approximate surface area is 205 Å². The van der Waals surface area contributed by atoms with E-state index in [1.165, 1.54) is 50.0 Å². The van der Waals surface area contributed by atoms with Crippen molar-refractivity contribution in [3.8, 4) is 22.3 Å². The van der Waals surface area contributed by atoms with Crippen molar-refractivity contribution in [3.63, 3.8) is 0 Å². The van der Waals surface area contributed by atoms with Gasteiger partial charge < -0.3 is 10.7 Å². The summed E-state index contributed by atoms with van der Waals surface area (Å²) < 4.78 is 0. The molecule has 6 aromatic carbocycles. The molecule has 0 amide bonds. The van der Waals surface area contributed by atoms with Gasteiger partial charge in [-0.15, -0.1) is 0 Å². The second-order valence-corrected chi connectivity index (χ2v) is 8.64. The molecule has 2 heteroatoms. The standard InChI is InChI=1S/C33H24N2/c34-22-25-12-4-9-17-31(25)35-26-20-18-24(19-21-26)33-29-15-7-5-13-27(29)32(23-10-2-1-3-11-23)28-14-6-8-16-30(28)33/h1-22,34-35H. The third-order valence-electron chi connectivity index (χ3n) is 6.56. The molecule has 0 atom stereocenters. The van der Waals surface area contributed by atoms with E-state index in [0.717, 1.165) is 16.9 Å². The quantitative estimate of drug-likeness (QED) is 0.200. The number of rotatable bonds is 5. The summed E-state index contributed by atoms with van der Waals surface area (Å²) in [6.45, 7) is 0. The van der Waals surface area contributed by atoms with E-state index >= 15 is 0 Å². The van der Waals surface area contributed by atoms with Crippen LogP contribution in [0.15, 0.2) is 127 Å². The molecule has 2 nitrogen and oxygen atoms in total. The van der Waals surface area contributed by atoms with Gasteiger partial charge in [0, 0.05) is 23.2 Å². The first-order chi connectivity index (χ1) is 17.3. The Kier molecular flexibility index (Phi) is 5.32. The fourth-order valence-electron chi connectivity index (χ4n) is 4.97. The molecule has 0 unspecified atom stereocenters. The second-order valence-electron chi connectivity index (χ2n) is 8.64. The highest BCUT2D eigenvalue weighted by Gasteiger charge is 2.16. The zero-order valence-electron chi connectivity index (χ0n) is 19.2. The van der Waals surface area contributed by atoms with Crippen molar-refractivity contribution >= 4 is 39.1 Å². The predicted molar refractivity (Wildman–Crippen MR) is 150 cm³/mol. The first-order valence-corrected chi connectivity index (χ1v) is 11.8. The summed E-state index contributed by atoms with van der Waals surface area (Å²) in [6, 6.07) is 44.6. The van der Waals surface area contributed by atoms with Gasteiger partial charge in [0.15, 0.2) is 0 Å². The van der Waals surface area contributed by atoms with Crippen molar-refractivity contribution in [1.29, 1.82) is 5.41 Å². The Morgan fingerprint density at radius 3 is 1.46 bits per heavy atom. The minimum Gasteiger partial charge on any atom is -0.355 e. The number of nitrogens with one attached hydrogen (secondary N) is 2. The second kappa shape index (κ2) is 8.92. The summed E-state index contributed by atoms with van der Waals surface area (Å²) in [5.74, 6) is 0. The van der Waals surface area contributed by atoms with E-state index in [0.29, 0.717) is 0 Å². The molecule has 166 valence electrons. The van der Waals surface area contributed by atoms with Crippen molar-refractivity contribution in [2.24, 2.45) is 0 Å². The summed E-state index contributed by atoms with van der Waals surface area (Å²) in [5.41, 5.74) is 7.74. The van der Waals surface area contributed by atoms with E-state index in [1.54, 1.807) is 0 Å². The van der Waals surface area contributed by atoms with Crippen molar-refractivity contribution in [3.05, 3.63) is 133 Å². The van der Waals surface area contributed by atoms with Crippen LogP contribution in [0.3, 0.4) is 0 Å². The molecule has 0 saturated heterocycles. The summed E-state index contributed by atoms with van der Waals surface area (Å²) in [5, 5.41) is 16.1. The molecule has 2 N–H and O–H groups in total. The van der Waals surface area contributed by atoms with Gasteiger partial charge in [0.25, 0.3) is 0 Å². The van der Waals surface area contributed by atoms with Crippen LogP contribution in [0.25, 0.3) is 43.8 Å². The zero-order chi connectivity index (χ0) is 23.6. The van der Waals surface area contributed by atoms with E-state index < -0.39 is 0 Å². The Hall–Kier alpha value is -4.69. The number of para-hydroxylation sites is 1. The van der Waals surface area contributed by atoms with Crippen LogP contribution in [0.1, 0.15) is 5.56 Å². The SMILES string of the molecule is N=Cc1ccccc1Nc1ccc(-c2c3ccccc3c(-c3ccccc3)c3ccccc23)cc1. The number of hydrogen-bond acceptors (Lipinski definition) is 2. The van der Waals surface area contributed by atoms with E-state index in [2.05, 4.69) is 108 Å². The monoisotopic (exact) mass is 448 g/mol. The van der Waals surface area contributed by atoms with Gasteiger partial charge in [0.05, 0.1) is 0 Å². The van der Waals surface area contributed by atoms with Crippen LogP contribution in [0.5, 0.6) is 0 Å². The molecule has 0 radical (unpaired) electrons. The molecule has 35 heavy (non-hydrogen) atoms. The maximum atomic E-state index is 7.66. The lowest BCUT2D eigenvalue weighted by atomic mass is 9.86. The van der Waals surface area contributed by atoms with E-state index in [9.17, 15) is 0 Å². The normalized spacial score (nSPS) is 11.0. The molecule has 6 aromatic rings. The van der Waals surface area contributed by atoms with Gasteiger partial charge in [-0.05, 0) is 62.0 Å². The number of benzene rings is 6. The Bertz CT molecular complexity index is 1610. The van der Waals surface area contributed by atoms with Crippen molar-refractivity contribution < 1.29 is 0 Å². The molecule has 0 fully saturated rings. The van der Waals surface area contributed by atoms with Crippen molar-refractivity contribution in [2.75, 3.05) is 5.32 Å². The largest absolute Gasteiger partial charge is 0.355 e. The van der Waals surface area contributed by atoms with E-state index in [4.69, 9.17) is 5.41 Å². The lowest BCUT2D eigenvalue weighted by molar-refractivity contribution is 1.50. The van der Waals surface area contributed by atoms with Crippen LogP contribution < -0.4 is 5.32 Å². The zero-order valence-corrected chi connectivity index (χ0v) is 19.2. The first kappa shape index (κ1) is 20.9. The first-order valence-electron chi connectivity index (χ1n) is 11.8. The molecule has 0 spiro atoms. The summed E-state index contributed by atoms with van der Waals surface area (Å²) in [4.78, 5) is 0. The molecule has 0 saturated carbocycles. The maximum Gasteiger partial charge on any atom is 0.0473 e. The maximum absolute atomic E-state index is 7.66. The number of fused-ring (bicyclic) bond motifs is 2. The Morgan fingerprint density at radius 2 is 0.914 bits per heavy atom. The molecular formula is C33H24N2. The third kappa shape index (κ3) is 3.75. The Balaban J connectivity index is 1.53. The van der Waals surface area contributed by atoms with Crippen LogP contribution in [0, 0.1) is 5.41 Å². The van der Waals surface area contributed by atoms with Gasteiger partial charge in [0.2, 0.25) is 0 Å². The van der Waals surface area contributed by atoms with Crippen LogP contribution in [0.4, 0.5) is 11.4 Å². The van der Waals surface area contributed by atoms with Crippen LogP contribution in [-0.4, -0.2) is 6.21 Å². The van der Waals surface area contributed by atoms with Crippen LogP contribution in [0.2, 0.25) is 0 Å². The molecule has 0 aromatic heterocycles. The summed E-state index contributed by atoms with van der Waals surface area (Å²) >= 11 is 0. The van der Waals surface area contributed by atoms with Gasteiger partial charge in [-0.2, -0.15) is 0 Å². The average Bonchev–Trinajstić information content (AvgIpc) is 2.93. The summed E-state index contributed by atoms with van der Waals surface area (Å²) in [7, 11) is 0. The predicted octanol–water partition coefficient (Wildman–Crippen LogP) is 9.07. The molecular weight excluding hydrogens is 424 g/mol. The van der Waals surface area contributed by atoms with Gasteiger partial charge >= 0.3 is 0 Å². The highest BCUT2D eigenvalue weighted by Crippen LogP contribution is 2.43. The third-order valence-corrected chi connectivity index (χ3v) is 6.56. The molecule has 0 aliphatic heterocycles. The van der Waals surface area contributed by atoms with Gasteiger partial charge in [-0.1, -0.05) is 109 Å². The van der Waals surface area contributed by atoms with Crippen LogP contribution in [-0.2, 0) is 0 Å². The Morgan fingerprint density at radius 1 is 0.457 bits per heavy atom. The summed E-state index contributed by atoms with van der Waals surface area (Å²) in [6.07, 6.45) is 1.38. The van der Waals surface area contributed by atoms with Crippen molar-refractivity contribution in [1.82, 2.24) is 0 Å². The van der Waals surface area contributed by atoms with Gasteiger partial charge in [-0.3, -0.25) is 0 Å². The lowest BCUT2D eigenvalue weighted by Gasteiger charge is -2.18. The molecule has 6 rings (SSSR count). The molecule has 0 heterocycles. The topological polar surface area (TPSA) is 35.9 Å². The van der Waals surface area contributed by atoms with Gasteiger partial charge in [0.1, 0.15) is 0 Å². The molecule has 0 bridgehead atoms. The lowest BCUT2D eigenvalue weighted by Crippen LogP contribution is -1.95. The van der Waals surface area contributed by atoms with E-state index in [-0.39, 0.29) is 0 Å². The fraction of sp³-hybridized carbons (Fsp3) is 0. The molecule has 0 aliphatic rings. The minimum absolute atomic E-state index is 0.866. The smallest absolute Gasteiger partial charge is 0.0473 e.